The van der Waals surface area contributed by atoms with E-state index in [1.807, 2.05) is 55.5 Å². The number of anilines is 1. The van der Waals surface area contributed by atoms with E-state index in [-0.39, 0.29) is 24.6 Å². The van der Waals surface area contributed by atoms with E-state index in [4.69, 9.17) is 4.42 Å². The molecule has 0 unspecified atom stereocenters. The maximum Gasteiger partial charge on any atom is 0.331 e. The Balaban J connectivity index is 1.45. The Morgan fingerprint density at radius 1 is 1.06 bits per heavy atom. The van der Waals surface area contributed by atoms with E-state index in [0.717, 1.165) is 21.4 Å². The van der Waals surface area contributed by atoms with Gasteiger partial charge in [0.15, 0.2) is 0 Å². The molecule has 0 spiro atoms. The molecule has 3 heterocycles. The van der Waals surface area contributed by atoms with Gasteiger partial charge >= 0.3 is 6.03 Å². The van der Waals surface area contributed by atoms with Crippen molar-refractivity contribution in [1.82, 2.24) is 14.8 Å². The lowest BCUT2D eigenvalue weighted by Gasteiger charge is -2.25. The van der Waals surface area contributed by atoms with Gasteiger partial charge in [0.05, 0.1) is 12.8 Å². The number of carbonyl (C=O) groups is 4. The molecule has 1 fully saturated rings. The molecular formula is C27H22N4O5. The van der Waals surface area contributed by atoms with E-state index in [2.05, 4.69) is 10.6 Å². The van der Waals surface area contributed by atoms with Crippen molar-refractivity contribution >= 4 is 46.4 Å². The number of aromatic nitrogens is 1. The summed E-state index contributed by atoms with van der Waals surface area (Å²) in [5.74, 6) is -1.32. The first-order valence-electron chi connectivity index (χ1n) is 11.2. The third-order valence-electron chi connectivity index (χ3n) is 5.81. The maximum atomic E-state index is 13.1. The number of para-hydroxylation sites is 1. The minimum absolute atomic E-state index is 0.0286. The van der Waals surface area contributed by atoms with Gasteiger partial charge in [-0.15, -0.1) is 0 Å². The van der Waals surface area contributed by atoms with Gasteiger partial charge in [-0.25, -0.2) is 4.79 Å². The monoisotopic (exact) mass is 482 g/mol. The smallest absolute Gasteiger partial charge is 0.331 e. The zero-order chi connectivity index (χ0) is 25.2. The molecule has 0 saturated carbocycles. The highest BCUT2D eigenvalue weighted by Gasteiger charge is 2.36. The number of imide groups is 2. The first kappa shape index (κ1) is 22.9. The second-order valence-electron chi connectivity index (χ2n) is 8.44. The standard InChI is InChI=1S/C27H22N4O5/c1-17-6-4-7-19(12-17)28-24(32)16-30-14-18(21-9-2-3-10-23(21)30)13-22-25(33)29-27(35)31(26(22)34)15-20-8-5-11-36-20/h2-14H,15-16H2,1H3,(H,28,32)(H,29,33,35). The topological polar surface area (TPSA) is 114 Å². The fourth-order valence-corrected chi connectivity index (χ4v) is 4.15. The molecule has 1 saturated heterocycles. The average Bonchev–Trinajstić information content (AvgIpc) is 3.48. The van der Waals surface area contributed by atoms with E-state index in [1.165, 1.54) is 12.3 Å². The molecule has 1 aliphatic heterocycles. The first-order valence-corrected chi connectivity index (χ1v) is 11.2. The van der Waals surface area contributed by atoms with Crippen molar-refractivity contribution < 1.29 is 23.6 Å². The molecule has 0 aliphatic carbocycles. The summed E-state index contributed by atoms with van der Waals surface area (Å²) < 4.78 is 6.99. The number of hydrogen-bond acceptors (Lipinski definition) is 5. The summed E-state index contributed by atoms with van der Waals surface area (Å²) >= 11 is 0. The summed E-state index contributed by atoms with van der Waals surface area (Å²) in [6.45, 7) is 1.87. The molecule has 5 rings (SSSR count). The average molecular weight is 482 g/mol. The third kappa shape index (κ3) is 4.54. The normalized spacial score (nSPS) is 15.0. The van der Waals surface area contributed by atoms with Gasteiger partial charge in [-0.3, -0.25) is 24.6 Å². The lowest BCUT2D eigenvalue weighted by atomic mass is 10.1. The number of aryl methyl sites for hydroxylation is 1. The molecule has 2 aromatic heterocycles. The molecule has 5 amide bonds. The molecular weight excluding hydrogens is 460 g/mol. The summed E-state index contributed by atoms with van der Waals surface area (Å²) in [5, 5.41) is 5.85. The molecule has 36 heavy (non-hydrogen) atoms. The summed E-state index contributed by atoms with van der Waals surface area (Å²) in [6, 6.07) is 17.3. The predicted octanol–water partition coefficient (Wildman–Crippen LogP) is 3.84. The Hall–Kier alpha value is -4.92. The Morgan fingerprint density at radius 2 is 1.89 bits per heavy atom. The van der Waals surface area contributed by atoms with Gasteiger partial charge in [0.25, 0.3) is 11.8 Å². The second kappa shape index (κ2) is 9.38. The quantitative estimate of drug-likeness (QED) is 0.320. The molecule has 0 radical (unpaired) electrons. The fourth-order valence-electron chi connectivity index (χ4n) is 4.15. The van der Waals surface area contributed by atoms with Crippen molar-refractivity contribution in [3.8, 4) is 0 Å². The zero-order valence-electron chi connectivity index (χ0n) is 19.4. The highest BCUT2D eigenvalue weighted by atomic mass is 16.3. The van der Waals surface area contributed by atoms with Crippen LogP contribution >= 0.6 is 0 Å². The molecule has 2 N–H and O–H groups in total. The number of furan rings is 1. The Morgan fingerprint density at radius 3 is 2.67 bits per heavy atom. The van der Waals surface area contributed by atoms with Gasteiger partial charge in [-0.05, 0) is 48.9 Å². The Bertz CT molecular complexity index is 1530. The second-order valence-corrected chi connectivity index (χ2v) is 8.44. The summed E-state index contributed by atoms with van der Waals surface area (Å²) in [6.07, 6.45) is 4.59. The molecule has 1 aliphatic rings. The van der Waals surface area contributed by atoms with Crippen LogP contribution in [0, 0.1) is 6.92 Å². The van der Waals surface area contributed by atoms with Gasteiger partial charge in [-0.2, -0.15) is 0 Å². The lowest BCUT2D eigenvalue weighted by molar-refractivity contribution is -0.130. The van der Waals surface area contributed by atoms with Crippen molar-refractivity contribution in [1.29, 1.82) is 0 Å². The van der Waals surface area contributed by atoms with E-state index in [1.54, 1.807) is 22.9 Å². The number of barbiturate groups is 1. The van der Waals surface area contributed by atoms with Crippen molar-refractivity contribution in [2.75, 3.05) is 5.32 Å². The molecule has 180 valence electrons. The van der Waals surface area contributed by atoms with Crippen LogP contribution in [-0.4, -0.2) is 33.2 Å². The van der Waals surface area contributed by atoms with Crippen LogP contribution in [0.5, 0.6) is 0 Å². The van der Waals surface area contributed by atoms with Gasteiger partial charge in [0.1, 0.15) is 17.9 Å². The first-order chi connectivity index (χ1) is 17.4. The van der Waals surface area contributed by atoms with Crippen molar-refractivity contribution in [3.63, 3.8) is 0 Å². The van der Waals surface area contributed by atoms with Crippen LogP contribution in [-0.2, 0) is 27.5 Å². The molecule has 2 aromatic carbocycles. The van der Waals surface area contributed by atoms with Gasteiger partial charge in [0, 0.05) is 28.4 Å². The van der Waals surface area contributed by atoms with Crippen LogP contribution < -0.4 is 10.6 Å². The van der Waals surface area contributed by atoms with Crippen molar-refractivity contribution in [2.24, 2.45) is 0 Å². The molecule has 0 atom stereocenters. The molecule has 0 bridgehead atoms. The van der Waals surface area contributed by atoms with Crippen LogP contribution in [0.25, 0.3) is 17.0 Å². The predicted molar refractivity (Wildman–Crippen MR) is 133 cm³/mol. The van der Waals surface area contributed by atoms with Gasteiger partial charge < -0.3 is 14.3 Å². The van der Waals surface area contributed by atoms with Crippen molar-refractivity contribution in [3.05, 3.63) is 95.6 Å². The number of fused-ring (bicyclic) bond motifs is 1. The number of nitrogens with one attached hydrogen (secondary N) is 2. The highest BCUT2D eigenvalue weighted by molar-refractivity contribution is 6.31. The number of carbonyl (C=O) groups excluding carboxylic acids is 4. The van der Waals surface area contributed by atoms with Crippen LogP contribution in [0.4, 0.5) is 10.5 Å². The summed E-state index contributed by atoms with van der Waals surface area (Å²) in [5.41, 5.74) is 2.87. The minimum atomic E-state index is -0.811. The van der Waals surface area contributed by atoms with Crippen LogP contribution in [0.15, 0.2) is 83.1 Å². The lowest BCUT2D eigenvalue weighted by Crippen LogP contribution is -2.53. The summed E-state index contributed by atoms with van der Waals surface area (Å²) in [4.78, 5) is 51.6. The number of rotatable bonds is 6. The fraction of sp³-hybridized carbons (Fsp3) is 0.111. The third-order valence-corrected chi connectivity index (χ3v) is 5.81. The largest absolute Gasteiger partial charge is 0.467 e. The molecule has 9 nitrogen and oxygen atoms in total. The SMILES string of the molecule is Cc1cccc(NC(=O)Cn2cc(C=C3C(=O)NC(=O)N(Cc4ccco4)C3=O)c3ccccc32)c1. The number of amides is 5. The maximum absolute atomic E-state index is 13.1. The van der Waals surface area contributed by atoms with Crippen LogP contribution in [0.1, 0.15) is 16.9 Å². The number of nitrogens with zero attached hydrogens (tertiary/aromatic N) is 2. The van der Waals surface area contributed by atoms with E-state index < -0.39 is 17.8 Å². The van der Waals surface area contributed by atoms with Gasteiger partial charge in [-0.1, -0.05) is 30.3 Å². The van der Waals surface area contributed by atoms with Crippen LogP contribution in [0.3, 0.4) is 0 Å². The minimum Gasteiger partial charge on any atom is -0.467 e. The molecule has 9 heteroatoms. The van der Waals surface area contributed by atoms with E-state index in [0.29, 0.717) is 17.0 Å². The van der Waals surface area contributed by atoms with E-state index in [9.17, 15) is 19.2 Å². The Kier molecular flexibility index (Phi) is 5.95. The summed E-state index contributed by atoms with van der Waals surface area (Å²) in [7, 11) is 0. The zero-order valence-corrected chi connectivity index (χ0v) is 19.4. The van der Waals surface area contributed by atoms with Gasteiger partial charge in [0.2, 0.25) is 5.91 Å². The van der Waals surface area contributed by atoms with E-state index >= 15 is 0 Å². The molecule has 4 aromatic rings. The Labute approximate surface area is 206 Å². The number of hydrogen-bond donors (Lipinski definition) is 2. The number of urea groups is 1. The number of benzene rings is 2. The van der Waals surface area contributed by atoms with Crippen molar-refractivity contribution in [2.45, 2.75) is 20.0 Å². The highest BCUT2D eigenvalue weighted by Crippen LogP contribution is 2.25. The van der Waals surface area contributed by atoms with Crippen LogP contribution in [0.2, 0.25) is 0 Å².